The summed E-state index contributed by atoms with van der Waals surface area (Å²) in [5.74, 6) is 10.2. The fourth-order valence-corrected chi connectivity index (χ4v) is 4.34. The Hall–Kier alpha value is 1.10. The van der Waals surface area contributed by atoms with Gasteiger partial charge in [-0.1, -0.05) is 143 Å². The Balaban J connectivity index is -0.000000118. The third-order valence-corrected chi connectivity index (χ3v) is 7.99. The van der Waals surface area contributed by atoms with Gasteiger partial charge in [-0.2, -0.15) is 12.8 Å². The van der Waals surface area contributed by atoms with Crippen molar-refractivity contribution in [2.75, 3.05) is 0 Å². The van der Waals surface area contributed by atoms with Crippen LogP contribution >= 0.6 is 0 Å². The van der Waals surface area contributed by atoms with E-state index in [0.717, 1.165) is 71.0 Å². The van der Waals surface area contributed by atoms with Gasteiger partial charge in [0.1, 0.15) is 0 Å². The predicted molar refractivity (Wildman–Crippen MR) is 169 cm³/mol. The smallest absolute Gasteiger partial charge is 0 e. The van der Waals surface area contributed by atoms with E-state index in [1.54, 1.807) is 0 Å². The van der Waals surface area contributed by atoms with E-state index >= 15 is 0 Å². The molecule has 1 radical (unpaired) electrons. The molecule has 0 aliphatic rings. The van der Waals surface area contributed by atoms with Crippen molar-refractivity contribution in [1.82, 2.24) is 0 Å². The van der Waals surface area contributed by atoms with E-state index in [1.165, 1.54) is 12.8 Å². The maximum atomic E-state index is 2.34. The van der Waals surface area contributed by atoms with Crippen LogP contribution in [-0.2, 0) is 32.7 Å². The molecule has 0 amide bonds. The molecule has 0 aromatic heterocycles. The van der Waals surface area contributed by atoms with Crippen molar-refractivity contribution in [3.05, 3.63) is 6.42 Å². The number of hydrogen-bond acceptors (Lipinski definition) is 0. The average Bonchev–Trinajstić information content (AvgIpc) is 2.67. The topological polar surface area (TPSA) is 0 Å². The minimum Gasteiger partial charge on any atom is -0.328 e. The van der Waals surface area contributed by atoms with Gasteiger partial charge < -0.3 is 6.42 Å². The summed E-state index contributed by atoms with van der Waals surface area (Å²) in [5, 5.41) is 0. The summed E-state index contributed by atoms with van der Waals surface area (Å²) < 4.78 is 0. The molecule has 0 fully saturated rings. The van der Waals surface area contributed by atoms with E-state index in [-0.39, 0.29) is 32.7 Å². The first-order valence-electron chi connectivity index (χ1n) is 15.5. The molecule has 0 heterocycles. The summed E-state index contributed by atoms with van der Waals surface area (Å²) in [6.45, 7) is 45.8. The third-order valence-electron chi connectivity index (χ3n) is 7.99. The molecule has 0 aliphatic carbocycles. The quantitative estimate of drug-likeness (QED) is 0.211. The number of rotatable bonds is 11. The van der Waals surface area contributed by atoms with E-state index in [1.807, 2.05) is 0 Å². The van der Waals surface area contributed by atoms with Crippen LogP contribution in [0.3, 0.4) is 0 Å². The second-order valence-electron chi connectivity index (χ2n) is 14.4. The Morgan fingerprint density at radius 2 is 0.639 bits per heavy atom. The zero-order valence-corrected chi connectivity index (χ0v) is 32.3. The van der Waals surface area contributed by atoms with E-state index in [0.29, 0.717) is 0 Å². The third kappa shape index (κ3) is 33.1. The second kappa shape index (κ2) is 27.7. The molecule has 0 bridgehead atoms. The van der Waals surface area contributed by atoms with E-state index in [2.05, 4.69) is 145 Å². The molecule has 0 aliphatic heterocycles. The molecule has 0 aromatic carbocycles. The van der Waals surface area contributed by atoms with Crippen LogP contribution in [0.25, 0.3) is 0 Å². The van der Waals surface area contributed by atoms with Crippen LogP contribution in [0, 0.1) is 77.4 Å². The van der Waals surface area contributed by atoms with E-state index < -0.39 is 0 Å². The van der Waals surface area contributed by atoms with Crippen LogP contribution in [0.2, 0.25) is 0 Å². The molecule has 0 aromatic rings. The molecule has 0 saturated heterocycles. The van der Waals surface area contributed by atoms with Crippen molar-refractivity contribution >= 4 is 0 Å². The van der Waals surface area contributed by atoms with Crippen LogP contribution < -0.4 is 0 Å². The Kier molecular flexibility index (Phi) is 36.1. The molecular formula is C35H77Y-. The zero-order chi connectivity index (χ0) is 29.0. The van der Waals surface area contributed by atoms with Gasteiger partial charge in [-0.3, -0.25) is 0 Å². The van der Waals surface area contributed by atoms with Crippen LogP contribution in [0.15, 0.2) is 0 Å². The van der Waals surface area contributed by atoms with Gasteiger partial charge in [-0.25, -0.2) is 0 Å². The SMILES string of the molecule is CC(C)C(C)C(C)C.CC(C)CC(C)C(C)C.CC(C)CC(C)C(C)C.C[CH-]C(C(C)C)C(C)C.[Y]. The van der Waals surface area contributed by atoms with Gasteiger partial charge >= 0.3 is 0 Å². The summed E-state index contributed by atoms with van der Waals surface area (Å²) in [6.07, 6.45) is 5.06. The maximum absolute atomic E-state index is 2.34. The summed E-state index contributed by atoms with van der Waals surface area (Å²) in [4.78, 5) is 0. The first-order chi connectivity index (χ1) is 15.7. The van der Waals surface area contributed by atoms with Gasteiger partial charge in [0, 0.05) is 32.7 Å². The van der Waals surface area contributed by atoms with E-state index in [4.69, 9.17) is 0 Å². The molecule has 221 valence electrons. The predicted octanol–water partition coefficient (Wildman–Crippen LogP) is 12.7. The maximum Gasteiger partial charge on any atom is 0 e. The van der Waals surface area contributed by atoms with Crippen molar-refractivity contribution in [3.8, 4) is 0 Å². The molecule has 0 N–H and O–H groups in total. The Labute approximate surface area is 260 Å². The van der Waals surface area contributed by atoms with Crippen molar-refractivity contribution in [3.63, 3.8) is 0 Å². The fraction of sp³-hybridized carbons (Fsp3) is 0.971. The Morgan fingerprint density at radius 3 is 0.667 bits per heavy atom. The van der Waals surface area contributed by atoms with Gasteiger partial charge in [0.15, 0.2) is 0 Å². The van der Waals surface area contributed by atoms with Crippen molar-refractivity contribution < 1.29 is 32.7 Å². The molecular weight excluding hydrogens is 509 g/mol. The van der Waals surface area contributed by atoms with Gasteiger partial charge in [0.25, 0.3) is 0 Å². The van der Waals surface area contributed by atoms with Gasteiger partial charge in [0.2, 0.25) is 0 Å². The Bertz CT molecular complexity index is 367. The minimum absolute atomic E-state index is 0. The van der Waals surface area contributed by atoms with Gasteiger partial charge in [-0.05, 0) is 66.1 Å². The molecule has 36 heavy (non-hydrogen) atoms. The van der Waals surface area contributed by atoms with Gasteiger partial charge in [0.05, 0.1) is 0 Å². The zero-order valence-electron chi connectivity index (χ0n) is 29.5. The summed E-state index contributed by atoms with van der Waals surface area (Å²) in [7, 11) is 0. The molecule has 0 spiro atoms. The summed E-state index contributed by atoms with van der Waals surface area (Å²) in [5.41, 5.74) is 0. The van der Waals surface area contributed by atoms with Crippen molar-refractivity contribution in [2.24, 2.45) is 71.0 Å². The van der Waals surface area contributed by atoms with Crippen molar-refractivity contribution in [2.45, 2.75) is 151 Å². The Morgan fingerprint density at radius 1 is 0.389 bits per heavy atom. The van der Waals surface area contributed by atoms with Crippen LogP contribution in [0.4, 0.5) is 0 Å². The average molecular weight is 587 g/mol. The largest absolute Gasteiger partial charge is 0.328 e. The van der Waals surface area contributed by atoms with Crippen LogP contribution in [0.1, 0.15) is 151 Å². The second-order valence-corrected chi connectivity index (χ2v) is 14.4. The molecule has 2 atom stereocenters. The van der Waals surface area contributed by atoms with Crippen molar-refractivity contribution in [1.29, 1.82) is 0 Å². The first kappa shape index (κ1) is 46.9. The molecule has 0 nitrogen and oxygen atoms in total. The van der Waals surface area contributed by atoms with Crippen LogP contribution in [-0.4, -0.2) is 0 Å². The standard InChI is InChI=1S/2C9H20.C9H19.C8H18.Y/c2*1-7(2)6-9(5)8(3)4;1-6-9(7(2)3)8(4)5;1-6(2)8(5)7(3)4;/h2*7-9H,6H2,1-5H3;6-9H,1-5H3;6-8H,1-5H3;/q;;-1;;. The summed E-state index contributed by atoms with van der Waals surface area (Å²) >= 11 is 0. The van der Waals surface area contributed by atoms with E-state index in [9.17, 15) is 0 Å². The normalized spacial score (nSPS) is 13.2. The molecule has 0 rings (SSSR count). The summed E-state index contributed by atoms with van der Waals surface area (Å²) in [6, 6.07) is 0. The number of hydrogen-bond donors (Lipinski definition) is 0. The molecule has 0 saturated carbocycles. The van der Waals surface area contributed by atoms with Crippen LogP contribution in [0.5, 0.6) is 0 Å². The minimum atomic E-state index is 0. The molecule has 2 unspecified atom stereocenters. The monoisotopic (exact) mass is 587 g/mol. The fourth-order valence-electron chi connectivity index (χ4n) is 4.34. The van der Waals surface area contributed by atoms with Gasteiger partial charge in [-0.15, -0.1) is 0 Å². The molecule has 1 heteroatoms. The first-order valence-corrected chi connectivity index (χ1v) is 15.5.